The number of methoxy groups -OCH3 is 1. The summed E-state index contributed by atoms with van der Waals surface area (Å²) in [6.45, 7) is 13.1. The minimum Gasteiger partial charge on any atom is -0.469 e. The molecular formula is C25H49NO12. The summed E-state index contributed by atoms with van der Waals surface area (Å²) in [5, 5.41) is 2.62. The number of esters is 1. The van der Waals surface area contributed by atoms with Crippen LogP contribution in [0.2, 0.25) is 0 Å². The third kappa shape index (κ3) is 30.6. The van der Waals surface area contributed by atoms with E-state index in [0.717, 1.165) is 0 Å². The van der Waals surface area contributed by atoms with Crippen LogP contribution in [0.15, 0.2) is 0 Å². The van der Waals surface area contributed by atoms with Crippen molar-refractivity contribution in [2.75, 3.05) is 119 Å². The number of rotatable bonds is 27. The second-order valence-electron chi connectivity index (χ2n) is 8.65. The summed E-state index contributed by atoms with van der Waals surface area (Å²) in [7, 11) is 1.35. The van der Waals surface area contributed by atoms with Crippen LogP contribution in [0.1, 0.15) is 27.2 Å². The second-order valence-corrected chi connectivity index (χ2v) is 8.65. The highest BCUT2D eigenvalue weighted by Crippen LogP contribution is 2.06. The van der Waals surface area contributed by atoms with Gasteiger partial charge in [0.05, 0.1) is 119 Å². The molecule has 0 atom stereocenters. The molecule has 226 valence electrons. The molecule has 13 heteroatoms. The zero-order valence-electron chi connectivity index (χ0n) is 23.6. The van der Waals surface area contributed by atoms with E-state index < -0.39 is 11.7 Å². The third-order valence-corrected chi connectivity index (χ3v) is 4.20. The smallest absolute Gasteiger partial charge is 0.407 e. The van der Waals surface area contributed by atoms with Crippen LogP contribution in [0, 0.1) is 0 Å². The van der Waals surface area contributed by atoms with Crippen LogP contribution >= 0.6 is 0 Å². The van der Waals surface area contributed by atoms with Gasteiger partial charge in [-0.25, -0.2) is 4.79 Å². The molecule has 0 aromatic carbocycles. The third-order valence-electron chi connectivity index (χ3n) is 4.20. The maximum absolute atomic E-state index is 11.5. The van der Waals surface area contributed by atoms with Gasteiger partial charge in [-0.05, 0) is 20.8 Å². The van der Waals surface area contributed by atoms with Crippen LogP contribution < -0.4 is 5.32 Å². The van der Waals surface area contributed by atoms with Crippen LogP contribution in [-0.4, -0.2) is 137 Å². The fourth-order valence-electron chi connectivity index (χ4n) is 2.44. The van der Waals surface area contributed by atoms with Gasteiger partial charge in [-0.15, -0.1) is 0 Å². The summed E-state index contributed by atoms with van der Waals surface area (Å²) in [5.41, 5.74) is -0.511. The van der Waals surface area contributed by atoms with E-state index in [1.165, 1.54) is 7.11 Å². The minimum atomic E-state index is -0.511. The molecule has 0 saturated heterocycles. The molecule has 0 aliphatic heterocycles. The van der Waals surface area contributed by atoms with E-state index in [1.807, 2.05) is 20.8 Å². The zero-order chi connectivity index (χ0) is 28.2. The molecule has 38 heavy (non-hydrogen) atoms. The first-order valence-electron chi connectivity index (χ1n) is 13.0. The van der Waals surface area contributed by atoms with Crippen LogP contribution in [0.25, 0.3) is 0 Å². The molecule has 0 saturated carbocycles. The van der Waals surface area contributed by atoms with Gasteiger partial charge in [0.1, 0.15) is 5.60 Å². The second kappa shape index (κ2) is 27.0. The number of hydrogen-bond acceptors (Lipinski definition) is 12. The Morgan fingerprint density at radius 3 is 1.16 bits per heavy atom. The predicted molar refractivity (Wildman–Crippen MR) is 137 cm³/mol. The molecule has 0 radical (unpaired) electrons. The van der Waals surface area contributed by atoms with Crippen molar-refractivity contribution in [1.29, 1.82) is 0 Å². The van der Waals surface area contributed by atoms with Crippen molar-refractivity contribution in [3.8, 4) is 0 Å². The van der Waals surface area contributed by atoms with E-state index in [2.05, 4.69) is 10.1 Å². The van der Waals surface area contributed by atoms with Crippen LogP contribution in [0.3, 0.4) is 0 Å². The van der Waals surface area contributed by atoms with Crippen molar-refractivity contribution in [3.05, 3.63) is 0 Å². The van der Waals surface area contributed by atoms with E-state index in [9.17, 15) is 9.59 Å². The van der Waals surface area contributed by atoms with Gasteiger partial charge in [-0.1, -0.05) is 0 Å². The minimum absolute atomic E-state index is 0.243. The Labute approximate surface area is 227 Å². The standard InChI is InChI=1S/C25H49NO12/c1-25(2,3)38-24(28)26-6-8-31-10-12-33-14-16-35-18-20-37-22-21-36-19-17-34-15-13-32-11-9-30-7-5-23(27)29-4/h5-22H2,1-4H3,(H,26,28). The van der Waals surface area contributed by atoms with Crippen molar-refractivity contribution >= 4 is 12.1 Å². The van der Waals surface area contributed by atoms with Gasteiger partial charge < -0.3 is 52.7 Å². The number of alkyl carbamates (subject to hydrolysis) is 1. The topological polar surface area (TPSA) is 138 Å². The maximum atomic E-state index is 11.5. The van der Waals surface area contributed by atoms with Crippen molar-refractivity contribution in [1.82, 2.24) is 5.32 Å². The lowest BCUT2D eigenvalue weighted by Crippen LogP contribution is -2.34. The fraction of sp³-hybridized carbons (Fsp3) is 0.920. The largest absolute Gasteiger partial charge is 0.469 e. The number of amides is 1. The number of carbonyl (C=O) groups excluding carboxylic acids is 2. The Bertz CT molecular complexity index is 545. The quantitative estimate of drug-likeness (QED) is 0.115. The van der Waals surface area contributed by atoms with Crippen molar-refractivity contribution < 1.29 is 57.0 Å². The maximum Gasteiger partial charge on any atom is 0.407 e. The summed E-state index contributed by atoms with van der Waals surface area (Å²) in [4.78, 5) is 22.3. The van der Waals surface area contributed by atoms with Crippen molar-refractivity contribution in [2.45, 2.75) is 32.8 Å². The Kier molecular flexibility index (Phi) is 25.9. The molecular weight excluding hydrogens is 506 g/mol. The first-order chi connectivity index (χ1) is 18.3. The van der Waals surface area contributed by atoms with E-state index in [1.54, 1.807) is 0 Å². The first-order valence-corrected chi connectivity index (χ1v) is 13.0. The average Bonchev–Trinajstić information content (AvgIpc) is 2.87. The fourth-order valence-corrected chi connectivity index (χ4v) is 2.44. The van der Waals surface area contributed by atoms with Gasteiger partial charge >= 0.3 is 12.1 Å². The lowest BCUT2D eigenvalue weighted by molar-refractivity contribution is -0.141. The lowest BCUT2D eigenvalue weighted by atomic mass is 10.2. The highest BCUT2D eigenvalue weighted by Gasteiger charge is 2.15. The summed E-state index contributed by atoms with van der Waals surface area (Å²) in [5.74, 6) is -0.289. The molecule has 1 N–H and O–H groups in total. The molecule has 0 fully saturated rings. The van der Waals surface area contributed by atoms with Crippen molar-refractivity contribution in [3.63, 3.8) is 0 Å². The molecule has 0 aromatic heterocycles. The van der Waals surface area contributed by atoms with E-state index in [-0.39, 0.29) is 12.4 Å². The van der Waals surface area contributed by atoms with Gasteiger partial charge in [-0.2, -0.15) is 0 Å². The number of nitrogens with one attached hydrogen (secondary N) is 1. The summed E-state index contributed by atoms with van der Waals surface area (Å²) < 4.78 is 52.7. The number of carbonyl (C=O) groups is 2. The van der Waals surface area contributed by atoms with Gasteiger partial charge in [0.15, 0.2) is 0 Å². The highest BCUT2D eigenvalue weighted by molar-refractivity contribution is 5.69. The first kappa shape index (κ1) is 36.4. The Morgan fingerprint density at radius 2 is 0.842 bits per heavy atom. The highest BCUT2D eigenvalue weighted by atomic mass is 16.6. The number of hydrogen-bond donors (Lipinski definition) is 1. The summed E-state index contributed by atoms with van der Waals surface area (Å²) in [6.07, 6.45) is -0.212. The molecule has 0 spiro atoms. The van der Waals surface area contributed by atoms with Crippen LogP contribution in [0.5, 0.6) is 0 Å². The summed E-state index contributed by atoms with van der Waals surface area (Å²) >= 11 is 0. The average molecular weight is 556 g/mol. The van der Waals surface area contributed by atoms with Gasteiger partial charge in [0, 0.05) is 6.54 Å². The zero-order valence-corrected chi connectivity index (χ0v) is 23.6. The lowest BCUT2D eigenvalue weighted by Gasteiger charge is -2.19. The Balaban J connectivity index is 3.12. The summed E-state index contributed by atoms with van der Waals surface area (Å²) in [6, 6.07) is 0. The monoisotopic (exact) mass is 555 g/mol. The van der Waals surface area contributed by atoms with Gasteiger partial charge in [-0.3, -0.25) is 4.79 Å². The molecule has 0 aliphatic carbocycles. The van der Waals surface area contributed by atoms with E-state index in [0.29, 0.717) is 112 Å². The van der Waals surface area contributed by atoms with Gasteiger partial charge in [0.25, 0.3) is 0 Å². The van der Waals surface area contributed by atoms with Crippen LogP contribution in [-0.2, 0) is 52.2 Å². The molecule has 0 heterocycles. The molecule has 0 bridgehead atoms. The molecule has 1 amide bonds. The van der Waals surface area contributed by atoms with Crippen LogP contribution in [0.4, 0.5) is 4.79 Å². The molecule has 0 rings (SSSR count). The van der Waals surface area contributed by atoms with E-state index >= 15 is 0 Å². The van der Waals surface area contributed by atoms with E-state index in [4.69, 9.17) is 42.6 Å². The SMILES string of the molecule is COC(=O)CCOCCOCCOCCOCCOCCOCCOCCOCCNC(=O)OC(C)(C)C. The van der Waals surface area contributed by atoms with Crippen molar-refractivity contribution in [2.24, 2.45) is 0 Å². The molecule has 0 aromatic rings. The predicted octanol–water partition coefficient (Wildman–Crippen LogP) is 1.21. The van der Waals surface area contributed by atoms with Gasteiger partial charge in [0.2, 0.25) is 0 Å². The normalized spacial score (nSPS) is 11.5. The molecule has 13 nitrogen and oxygen atoms in total. The Morgan fingerprint density at radius 1 is 0.526 bits per heavy atom. The molecule has 0 aliphatic rings. The molecule has 0 unspecified atom stereocenters. The Hall–Kier alpha value is -1.58. The number of ether oxygens (including phenoxy) is 10.